The van der Waals surface area contributed by atoms with E-state index in [1.807, 2.05) is 48.1 Å². The lowest BCUT2D eigenvalue weighted by molar-refractivity contribution is -0.135. The van der Waals surface area contributed by atoms with Gasteiger partial charge in [0.25, 0.3) is 0 Å². The molecule has 0 saturated heterocycles. The topological polar surface area (TPSA) is 70.7 Å². The number of Topliss-reactive ketones (excluding diaryl/α,β-unsaturated/α-hetero) is 1. The molecule has 2 aromatic heterocycles. The number of rotatable bonds is 2. The van der Waals surface area contributed by atoms with Crippen LogP contribution in [0.1, 0.15) is 39.6 Å². The molecule has 152 valence electrons. The maximum absolute atomic E-state index is 13.2. The molecule has 0 radical (unpaired) electrons. The summed E-state index contributed by atoms with van der Waals surface area (Å²) >= 11 is 0. The number of hydrogen-bond acceptors (Lipinski definition) is 5. The van der Waals surface area contributed by atoms with Gasteiger partial charge in [-0.2, -0.15) is 0 Å². The SMILES string of the molecule is Cn1cc(/C=C2\Oc3c(ccc4c3C(c3ccco3)CC(=O)O4)C2=O)c2ccccc21. The van der Waals surface area contributed by atoms with Crippen molar-refractivity contribution in [2.24, 2.45) is 7.05 Å². The van der Waals surface area contributed by atoms with E-state index in [1.165, 1.54) is 0 Å². The average molecular weight is 411 g/mol. The second-order valence-corrected chi connectivity index (χ2v) is 7.75. The number of carbonyl (C=O) groups is 2. The largest absolute Gasteiger partial charge is 0.469 e. The molecule has 1 atom stereocenters. The summed E-state index contributed by atoms with van der Waals surface area (Å²) < 4.78 is 19.1. The Labute approximate surface area is 177 Å². The van der Waals surface area contributed by atoms with Crippen LogP contribution in [0, 0.1) is 0 Å². The molecule has 4 aromatic rings. The summed E-state index contributed by atoms with van der Waals surface area (Å²) in [6.07, 6.45) is 5.43. The first-order chi connectivity index (χ1) is 15.1. The predicted molar refractivity (Wildman–Crippen MR) is 113 cm³/mol. The molecule has 2 aliphatic heterocycles. The van der Waals surface area contributed by atoms with Crippen LogP contribution in [0.5, 0.6) is 11.5 Å². The van der Waals surface area contributed by atoms with E-state index in [0.717, 1.165) is 16.5 Å². The lowest BCUT2D eigenvalue weighted by atomic mass is 9.88. The minimum Gasteiger partial charge on any atom is -0.469 e. The van der Waals surface area contributed by atoms with Crippen molar-refractivity contribution in [3.8, 4) is 11.5 Å². The number of aromatic nitrogens is 1. The highest BCUT2D eigenvalue weighted by Crippen LogP contribution is 2.49. The molecule has 0 saturated carbocycles. The summed E-state index contributed by atoms with van der Waals surface area (Å²) in [7, 11) is 1.97. The van der Waals surface area contributed by atoms with E-state index in [4.69, 9.17) is 13.9 Å². The van der Waals surface area contributed by atoms with Crippen molar-refractivity contribution in [3.63, 3.8) is 0 Å². The molecule has 0 N–H and O–H groups in total. The Balaban J connectivity index is 1.48. The van der Waals surface area contributed by atoms with Crippen molar-refractivity contribution < 1.29 is 23.5 Å². The first-order valence-corrected chi connectivity index (χ1v) is 9.99. The van der Waals surface area contributed by atoms with Crippen LogP contribution in [0.2, 0.25) is 0 Å². The number of ketones is 1. The van der Waals surface area contributed by atoms with Crippen molar-refractivity contribution in [3.05, 3.63) is 89.2 Å². The van der Waals surface area contributed by atoms with Gasteiger partial charge >= 0.3 is 5.97 Å². The second kappa shape index (κ2) is 6.47. The minimum absolute atomic E-state index is 0.122. The van der Waals surface area contributed by atoms with E-state index < -0.39 is 0 Å². The highest BCUT2D eigenvalue weighted by atomic mass is 16.5. The molecule has 1 unspecified atom stereocenters. The standard InChI is InChI=1S/C25H17NO5/c1-26-13-14(15-5-2-3-6-18(15)26)11-21-24(28)16-8-9-20-23(25(16)31-21)17(12-22(27)30-20)19-7-4-10-29-19/h2-11,13,17H,12H2,1H3/b21-11-. The zero-order chi connectivity index (χ0) is 21.1. The monoisotopic (exact) mass is 411 g/mol. The fraction of sp³-hybridized carbons (Fsp3) is 0.120. The summed E-state index contributed by atoms with van der Waals surface area (Å²) in [4.78, 5) is 25.3. The van der Waals surface area contributed by atoms with Crippen LogP contribution in [-0.4, -0.2) is 16.3 Å². The van der Waals surface area contributed by atoms with E-state index in [-0.39, 0.29) is 29.9 Å². The van der Waals surface area contributed by atoms with E-state index in [2.05, 4.69) is 0 Å². The van der Waals surface area contributed by atoms with Crippen LogP contribution in [-0.2, 0) is 11.8 Å². The third kappa shape index (κ3) is 2.65. The smallest absolute Gasteiger partial charge is 0.312 e. The van der Waals surface area contributed by atoms with Gasteiger partial charge in [0.2, 0.25) is 5.78 Å². The lowest BCUT2D eigenvalue weighted by Crippen LogP contribution is -2.21. The molecule has 2 aliphatic rings. The Bertz CT molecular complexity index is 1410. The van der Waals surface area contributed by atoms with Crippen molar-refractivity contribution in [2.75, 3.05) is 0 Å². The van der Waals surface area contributed by atoms with Gasteiger partial charge in [0, 0.05) is 35.3 Å². The molecular formula is C25H17NO5. The molecule has 6 heteroatoms. The maximum atomic E-state index is 13.2. The first kappa shape index (κ1) is 17.8. The van der Waals surface area contributed by atoms with Gasteiger partial charge < -0.3 is 18.5 Å². The molecule has 0 amide bonds. The molecule has 6 nitrogen and oxygen atoms in total. The number of para-hydroxylation sites is 1. The van der Waals surface area contributed by atoms with Crippen molar-refractivity contribution in [1.29, 1.82) is 0 Å². The predicted octanol–water partition coefficient (Wildman–Crippen LogP) is 4.83. The highest BCUT2D eigenvalue weighted by molar-refractivity contribution is 6.15. The van der Waals surface area contributed by atoms with Crippen LogP contribution in [0.25, 0.3) is 17.0 Å². The zero-order valence-corrected chi connectivity index (χ0v) is 16.6. The first-order valence-electron chi connectivity index (χ1n) is 9.99. The highest BCUT2D eigenvalue weighted by Gasteiger charge is 2.39. The normalized spacial score (nSPS) is 18.7. The van der Waals surface area contributed by atoms with Gasteiger partial charge in [0.15, 0.2) is 5.76 Å². The van der Waals surface area contributed by atoms with Crippen molar-refractivity contribution >= 4 is 28.7 Å². The van der Waals surface area contributed by atoms with Crippen LogP contribution in [0.15, 0.2) is 71.2 Å². The average Bonchev–Trinajstić information content (AvgIpc) is 3.48. The van der Waals surface area contributed by atoms with Crippen LogP contribution in [0.3, 0.4) is 0 Å². The number of allylic oxidation sites excluding steroid dienone is 1. The number of carbonyl (C=O) groups excluding carboxylic acids is 2. The van der Waals surface area contributed by atoms with E-state index in [9.17, 15) is 9.59 Å². The Morgan fingerprint density at radius 2 is 1.90 bits per heavy atom. The van der Waals surface area contributed by atoms with Gasteiger partial charge in [0.1, 0.15) is 17.3 Å². The minimum atomic E-state index is -0.370. The van der Waals surface area contributed by atoms with Gasteiger partial charge in [0.05, 0.1) is 24.2 Å². The molecular weight excluding hydrogens is 394 g/mol. The Kier molecular flexibility index (Phi) is 3.71. The number of nitrogens with zero attached hydrogens (tertiary/aromatic N) is 1. The summed E-state index contributed by atoms with van der Waals surface area (Å²) in [5.41, 5.74) is 3.10. The Morgan fingerprint density at radius 1 is 1.03 bits per heavy atom. The van der Waals surface area contributed by atoms with Crippen LogP contribution >= 0.6 is 0 Å². The molecule has 31 heavy (non-hydrogen) atoms. The van der Waals surface area contributed by atoms with Gasteiger partial charge in [-0.3, -0.25) is 9.59 Å². The molecule has 6 rings (SSSR count). The quantitative estimate of drug-likeness (QED) is 0.268. The lowest BCUT2D eigenvalue weighted by Gasteiger charge is -2.24. The Morgan fingerprint density at radius 3 is 2.74 bits per heavy atom. The zero-order valence-electron chi connectivity index (χ0n) is 16.6. The summed E-state index contributed by atoms with van der Waals surface area (Å²) in [6.45, 7) is 0. The fourth-order valence-corrected chi connectivity index (χ4v) is 4.47. The number of esters is 1. The number of aryl methyl sites for hydroxylation is 1. The van der Waals surface area contributed by atoms with Gasteiger partial charge in [-0.05, 0) is 36.4 Å². The Hall–Kier alpha value is -4.06. The van der Waals surface area contributed by atoms with E-state index in [0.29, 0.717) is 28.4 Å². The summed E-state index contributed by atoms with van der Waals surface area (Å²) in [5, 5.41) is 1.04. The molecule has 0 fully saturated rings. The van der Waals surface area contributed by atoms with Gasteiger partial charge in [-0.15, -0.1) is 0 Å². The molecule has 0 aliphatic carbocycles. The number of ether oxygens (including phenoxy) is 2. The third-order valence-electron chi connectivity index (χ3n) is 5.88. The molecule has 4 heterocycles. The van der Waals surface area contributed by atoms with Crippen molar-refractivity contribution in [2.45, 2.75) is 12.3 Å². The fourth-order valence-electron chi connectivity index (χ4n) is 4.47. The van der Waals surface area contributed by atoms with Gasteiger partial charge in [-0.1, -0.05) is 18.2 Å². The maximum Gasteiger partial charge on any atom is 0.312 e. The third-order valence-corrected chi connectivity index (χ3v) is 5.88. The van der Waals surface area contributed by atoms with Crippen LogP contribution < -0.4 is 9.47 Å². The second-order valence-electron chi connectivity index (χ2n) is 7.75. The number of hydrogen-bond donors (Lipinski definition) is 0. The molecule has 0 spiro atoms. The number of furan rings is 1. The number of benzene rings is 2. The molecule has 2 aromatic carbocycles. The van der Waals surface area contributed by atoms with Crippen LogP contribution in [0.4, 0.5) is 0 Å². The van der Waals surface area contributed by atoms with Gasteiger partial charge in [-0.25, -0.2) is 0 Å². The van der Waals surface area contributed by atoms with E-state index in [1.54, 1.807) is 30.5 Å². The van der Waals surface area contributed by atoms with E-state index >= 15 is 0 Å². The molecule has 0 bridgehead atoms. The van der Waals surface area contributed by atoms with Crippen molar-refractivity contribution in [1.82, 2.24) is 4.57 Å². The number of fused-ring (bicyclic) bond motifs is 4. The summed E-state index contributed by atoms with van der Waals surface area (Å²) in [6, 6.07) is 14.9. The summed E-state index contributed by atoms with van der Waals surface area (Å²) in [5.74, 6) is 0.804.